The molecule has 0 saturated heterocycles. The first-order chi connectivity index (χ1) is 33.7. The largest absolute Gasteiger partial charge is 0.456 e. The molecule has 7 nitrogen and oxygen atoms in total. The predicted molar refractivity (Wildman–Crippen MR) is 277 cm³/mol. The van der Waals surface area contributed by atoms with E-state index < -0.39 is 0 Å². The van der Waals surface area contributed by atoms with Gasteiger partial charge in [-0.25, -0.2) is 15.0 Å². The quantitative estimate of drug-likeness (QED) is 0.172. The molecule has 7 heteroatoms. The van der Waals surface area contributed by atoms with Crippen LogP contribution >= 0.6 is 0 Å². The smallest absolute Gasteiger partial charge is 0.164 e. The lowest BCUT2D eigenvalue weighted by atomic mass is 10.0. The van der Waals surface area contributed by atoms with Crippen LogP contribution in [0.1, 0.15) is 0 Å². The van der Waals surface area contributed by atoms with E-state index in [2.05, 4.69) is 179 Å². The van der Waals surface area contributed by atoms with Crippen molar-refractivity contribution in [2.24, 2.45) is 0 Å². The Morgan fingerprint density at radius 1 is 0.324 bits per heavy atom. The van der Waals surface area contributed by atoms with Crippen molar-refractivity contribution < 1.29 is 8.83 Å². The van der Waals surface area contributed by atoms with Crippen LogP contribution in [-0.2, 0) is 0 Å². The number of aromatic nitrogens is 5. The molecule has 0 N–H and O–H groups in total. The van der Waals surface area contributed by atoms with Crippen molar-refractivity contribution in [2.75, 3.05) is 0 Å². The SMILES string of the molecule is c1ccc(-n2c3ccccc3c3c(-c4nc(-c5cc(-n6c7ccccc7c7cc8ccccc8cc76)c6oc7ccccc7c6c5)nc(-c5cccc6oc7ccccc7c56)n4)cccc32)cc1. The fraction of sp³-hybridized carbons (Fsp3) is 0. The number of hydrogen-bond donors (Lipinski definition) is 0. The van der Waals surface area contributed by atoms with Crippen molar-refractivity contribution >= 4 is 98.3 Å². The number of nitrogens with zero attached hydrogens (tertiary/aromatic N) is 5. The summed E-state index contributed by atoms with van der Waals surface area (Å²) in [5.74, 6) is 1.66. The number of fused-ring (bicyclic) bond motifs is 13. The molecule has 0 saturated carbocycles. The number of benzene rings is 10. The van der Waals surface area contributed by atoms with Crippen LogP contribution in [0.25, 0.3) is 144 Å². The van der Waals surface area contributed by atoms with E-state index in [-0.39, 0.29) is 0 Å². The van der Waals surface area contributed by atoms with Gasteiger partial charge in [-0.3, -0.25) is 0 Å². The van der Waals surface area contributed by atoms with Gasteiger partial charge in [-0.05, 0) is 83.6 Å². The van der Waals surface area contributed by atoms with E-state index in [1.165, 1.54) is 10.8 Å². The summed E-state index contributed by atoms with van der Waals surface area (Å²) in [6.45, 7) is 0. The first-order valence-electron chi connectivity index (χ1n) is 22.8. The molecule has 15 rings (SSSR count). The van der Waals surface area contributed by atoms with Crippen molar-refractivity contribution in [2.45, 2.75) is 0 Å². The molecule has 0 bridgehead atoms. The Kier molecular flexibility index (Phi) is 7.65. The first-order valence-corrected chi connectivity index (χ1v) is 22.8. The van der Waals surface area contributed by atoms with Crippen molar-refractivity contribution in [1.82, 2.24) is 24.1 Å². The minimum Gasteiger partial charge on any atom is -0.456 e. The minimum atomic E-state index is 0.540. The third-order valence-corrected chi connectivity index (χ3v) is 13.7. The monoisotopic (exact) mass is 869 g/mol. The number of furan rings is 2. The van der Waals surface area contributed by atoms with Crippen molar-refractivity contribution in [1.29, 1.82) is 0 Å². The maximum atomic E-state index is 6.89. The second-order valence-electron chi connectivity index (χ2n) is 17.5. The van der Waals surface area contributed by atoms with Crippen LogP contribution in [0.2, 0.25) is 0 Å². The van der Waals surface area contributed by atoms with Crippen molar-refractivity contribution in [3.05, 3.63) is 212 Å². The summed E-state index contributed by atoms with van der Waals surface area (Å²) in [5.41, 5.74) is 12.1. The lowest BCUT2D eigenvalue weighted by Crippen LogP contribution is -2.02. The molecule has 0 fully saturated rings. The highest BCUT2D eigenvalue weighted by Crippen LogP contribution is 2.44. The van der Waals surface area contributed by atoms with Gasteiger partial charge in [0.1, 0.15) is 16.7 Å². The zero-order valence-corrected chi connectivity index (χ0v) is 36.3. The molecular formula is C61H35N5O2. The summed E-state index contributed by atoms with van der Waals surface area (Å²) in [4.78, 5) is 16.5. The molecule has 68 heavy (non-hydrogen) atoms. The van der Waals surface area contributed by atoms with Gasteiger partial charge in [0.15, 0.2) is 23.1 Å². The molecule has 0 amide bonds. The van der Waals surface area contributed by atoms with Gasteiger partial charge < -0.3 is 18.0 Å². The van der Waals surface area contributed by atoms with E-state index in [4.69, 9.17) is 23.8 Å². The number of para-hydroxylation sites is 5. The Hall–Kier alpha value is -9.33. The van der Waals surface area contributed by atoms with Gasteiger partial charge in [0.25, 0.3) is 0 Å². The summed E-state index contributed by atoms with van der Waals surface area (Å²) < 4.78 is 18.0. The van der Waals surface area contributed by atoms with Crippen LogP contribution in [-0.4, -0.2) is 24.1 Å². The number of hydrogen-bond acceptors (Lipinski definition) is 5. The molecule has 5 aromatic heterocycles. The lowest BCUT2D eigenvalue weighted by molar-refractivity contribution is 0.666. The average molecular weight is 870 g/mol. The Morgan fingerprint density at radius 3 is 1.69 bits per heavy atom. The summed E-state index contributed by atoms with van der Waals surface area (Å²) in [5, 5.41) is 10.8. The zero-order chi connectivity index (χ0) is 44.5. The Balaban J connectivity index is 1.06. The molecule has 316 valence electrons. The van der Waals surface area contributed by atoms with E-state index in [1.807, 2.05) is 42.5 Å². The summed E-state index contributed by atoms with van der Waals surface area (Å²) in [6, 6.07) is 74.3. The second kappa shape index (κ2) is 14.1. The molecule has 0 spiro atoms. The molecule has 0 atom stereocenters. The highest BCUT2D eigenvalue weighted by atomic mass is 16.3. The van der Waals surface area contributed by atoms with Gasteiger partial charge in [-0.15, -0.1) is 0 Å². The fourth-order valence-electron chi connectivity index (χ4n) is 10.8. The van der Waals surface area contributed by atoms with Crippen LogP contribution in [0.15, 0.2) is 221 Å². The topological polar surface area (TPSA) is 74.8 Å². The highest BCUT2D eigenvalue weighted by Gasteiger charge is 2.24. The Morgan fingerprint density at radius 2 is 0.897 bits per heavy atom. The van der Waals surface area contributed by atoms with Gasteiger partial charge in [0.2, 0.25) is 0 Å². The lowest BCUT2D eigenvalue weighted by Gasteiger charge is -2.13. The highest BCUT2D eigenvalue weighted by molar-refractivity contribution is 6.18. The van der Waals surface area contributed by atoms with Gasteiger partial charge in [0.05, 0.1) is 27.8 Å². The molecule has 10 aromatic carbocycles. The molecule has 0 radical (unpaired) electrons. The Labute approximate surface area is 387 Å². The average Bonchev–Trinajstić information content (AvgIpc) is 4.16. The standard InChI is InChI=1S/C61H35N5O2/c1-2-18-39(19-3-1)65-49-27-11-7-22-42(49)56-44(24-14-28-50(56)65)60-62-59(63-61(64-60)45-25-15-31-55-57(45)43-23-9-13-30-54(43)67-55)38-33-47-41-21-8-12-29-53(41)68-58(47)52(35-38)66-48-26-10-6-20-40(48)46-32-36-16-4-5-17-37(36)34-51(46)66/h1-35H. The Bertz CT molecular complexity index is 4570. The molecule has 0 unspecified atom stereocenters. The third-order valence-electron chi connectivity index (χ3n) is 13.7. The van der Waals surface area contributed by atoms with Crippen LogP contribution in [0.4, 0.5) is 0 Å². The van der Waals surface area contributed by atoms with E-state index in [0.717, 1.165) is 116 Å². The predicted octanol–water partition coefficient (Wildman–Crippen LogP) is 16.0. The van der Waals surface area contributed by atoms with Crippen LogP contribution in [0, 0.1) is 0 Å². The molecule has 0 aliphatic carbocycles. The third kappa shape index (κ3) is 5.32. The molecule has 0 aliphatic rings. The van der Waals surface area contributed by atoms with Gasteiger partial charge >= 0.3 is 0 Å². The van der Waals surface area contributed by atoms with E-state index in [0.29, 0.717) is 17.5 Å². The van der Waals surface area contributed by atoms with E-state index >= 15 is 0 Å². The fourth-order valence-corrected chi connectivity index (χ4v) is 10.8. The van der Waals surface area contributed by atoms with E-state index in [1.54, 1.807) is 0 Å². The second-order valence-corrected chi connectivity index (χ2v) is 17.5. The van der Waals surface area contributed by atoms with Crippen LogP contribution < -0.4 is 0 Å². The molecule has 5 heterocycles. The normalized spacial score (nSPS) is 12.1. The molecule has 15 aromatic rings. The number of rotatable bonds is 5. The van der Waals surface area contributed by atoms with Gasteiger partial charge in [-0.2, -0.15) is 0 Å². The minimum absolute atomic E-state index is 0.540. The summed E-state index contributed by atoms with van der Waals surface area (Å²) in [6.07, 6.45) is 0. The van der Waals surface area contributed by atoms with Crippen molar-refractivity contribution in [3.63, 3.8) is 0 Å². The summed E-state index contributed by atoms with van der Waals surface area (Å²) >= 11 is 0. The maximum Gasteiger partial charge on any atom is 0.164 e. The first kappa shape index (κ1) is 36.9. The molecule has 0 aliphatic heterocycles. The van der Waals surface area contributed by atoms with Gasteiger partial charge in [0, 0.05) is 65.5 Å². The van der Waals surface area contributed by atoms with Crippen LogP contribution in [0.3, 0.4) is 0 Å². The molecular weight excluding hydrogens is 835 g/mol. The maximum absolute atomic E-state index is 6.89. The van der Waals surface area contributed by atoms with E-state index in [9.17, 15) is 0 Å². The van der Waals surface area contributed by atoms with Gasteiger partial charge in [-0.1, -0.05) is 140 Å². The van der Waals surface area contributed by atoms with Crippen molar-refractivity contribution in [3.8, 4) is 45.5 Å². The van der Waals surface area contributed by atoms with Crippen LogP contribution in [0.5, 0.6) is 0 Å². The zero-order valence-electron chi connectivity index (χ0n) is 36.3. The summed E-state index contributed by atoms with van der Waals surface area (Å²) in [7, 11) is 0.